The number of carboxylic acids is 2. The minimum absolute atomic E-state index is 0. The monoisotopic (exact) mass is 654 g/mol. The molecule has 4 rings (SSSR count). The average Bonchev–Trinajstić information content (AvgIpc) is 3.33. The smallest absolute Gasteiger partial charge is 0.546 e. The van der Waals surface area contributed by atoms with Crippen molar-refractivity contribution >= 4 is 69.5 Å². The molecule has 1 saturated heterocycles. The van der Waals surface area contributed by atoms with Gasteiger partial charge in [0.05, 0.1) is 17.6 Å². The van der Waals surface area contributed by atoms with Gasteiger partial charge in [0.15, 0.2) is 29.8 Å². The first-order chi connectivity index (χ1) is 19.3. The maximum absolute atomic E-state index is 13.0. The van der Waals surface area contributed by atoms with Crippen LogP contribution in [0.25, 0.3) is 0 Å². The zero-order valence-electron chi connectivity index (χ0n) is 21.5. The summed E-state index contributed by atoms with van der Waals surface area (Å²) in [4.78, 5) is 58.6. The molecule has 3 N–H and O–H groups in total. The molecule has 42 heavy (non-hydrogen) atoms. The van der Waals surface area contributed by atoms with E-state index < -0.39 is 60.2 Å². The van der Waals surface area contributed by atoms with Crippen LogP contribution in [0.5, 0.6) is 0 Å². The Labute approximate surface area is 269 Å². The number of aromatic nitrogens is 2. The third-order valence-corrected chi connectivity index (χ3v) is 8.59. The van der Waals surface area contributed by atoms with E-state index in [9.17, 15) is 42.6 Å². The molecule has 4 heterocycles. The van der Waals surface area contributed by atoms with Gasteiger partial charge in [0.1, 0.15) is 17.1 Å². The molecular weight excluding hydrogens is 636 g/mol. The molecule has 20 heteroatoms. The maximum atomic E-state index is 13.0. The number of carbonyl (C=O) groups is 4. The number of amides is 2. The fourth-order valence-corrected chi connectivity index (χ4v) is 6.68. The Hall–Kier alpha value is -2.84. The number of nitrogens with two attached hydrogens (primary N) is 1. The van der Waals surface area contributed by atoms with Crippen LogP contribution in [0.1, 0.15) is 5.69 Å². The van der Waals surface area contributed by atoms with Crippen LogP contribution < -0.4 is 55.4 Å². The van der Waals surface area contributed by atoms with E-state index in [0.29, 0.717) is 10.5 Å². The third kappa shape index (κ3) is 8.16. The Morgan fingerprint density at radius 1 is 1.29 bits per heavy atom. The van der Waals surface area contributed by atoms with Crippen molar-refractivity contribution in [3.05, 3.63) is 46.9 Å². The van der Waals surface area contributed by atoms with E-state index in [1.165, 1.54) is 53.4 Å². The average molecular weight is 655 g/mol. The van der Waals surface area contributed by atoms with Crippen molar-refractivity contribution in [1.82, 2.24) is 15.2 Å². The van der Waals surface area contributed by atoms with E-state index in [2.05, 4.69) is 20.3 Å². The molecule has 2 aromatic rings. The SMILES string of the molecule is Nc1nc(/C(=N/OCC(=O)[O-])C(=O)N[C@@H]2C(=O)N3C(C(=O)[O-])=C(CSc4cc[n+](CC(F)(F)F)cc4)CS[C@H]23)cs1.[Na+]. The number of anilines is 1. The number of hydrogen-bond donors (Lipinski definition) is 2. The number of pyridine rings is 1. The van der Waals surface area contributed by atoms with Crippen LogP contribution in [-0.2, 0) is 30.6 Å². The molecule has 0 saturated carbocycles. The Morgan fingerprint density at radius 2 is 1.98 bits per heavy atom. The zero-order valence-corrected chi connectivity index (χ0v) is 25.9. The van der Waals surface area contributed by atoms with Gasteiger partial charge in [0.2, 0.25) is 6.54 Å². The summed E-state index contributed by atoms with van der Waals surface area (Å²) in [6, 6.07) is 1.76. The summed E-state index contributed by atoms with van der Waals surface area (Å²) in [6.07, 6.45) is -1.87. The quantitative estimate of drug-likeness (QED) is 0.0590. The summed E-state index contributed by atoms with van der Waals surface area (Å²) in [5, 5.41) is 29.2. The largest absolute Gasteiger partial charge is 1.00 e. The number of halogens is 3. The van der Waals surface area contributed by atoms with Crippen LogP contribution in [0.2, 0.25) is 0 Å². The van der Waals surface area contributed by atoms with Gasteiger partial charge in [-0.15, -0.1) is 34.9 Å². The molecule has 0 bridgehead atoms. The number of rotatable bonds is 11. The second kappa shape index (κ2) is 14.1. The Balaban J connectivity index is 0.00000484. The molecule has 0 radical (unpaired) electrons. The van der Waals surface area contributed by atoms with Crippen molar-refractivity contribution < 1.29 is 81.5 Å². The first-order valence-corrected chi connectivity index (χ1v) is 14.2. The van der Waals surface area contributed by atoms with Gasteiger partial charge in [-0.1, -0.05) is 5.16 Å². The van der Waals surface area contributed by atoms with Gasteiger partial charge >= 0.3 is 35.7 Å². The van der Waals surface area contributed by atoms with Crippen molar-refractivity contribution in [1.29, 1.82) is 0 Å². The van der Waals surface area contributed by atoms with Crippen LogP contribution in [0.4, 0.5) is 18.3 Å². The van der Waals surface area contributed by atoms with E-state index in [1.807, 2.05) is 0 Å². The molecule has 218 valence electrons. The number of β-lactam (4-membered cyclic amide) rings is 1. The second-order valence-electron chi connectivity index (χ2n) is 8.37. The van der Waals surface area contributed by atoms with Crippen molar-refractivity contribution in [3.63, 3.8) is 0 Å². The summed E-state index contributed by atoms with van der Waals surface area (Å²) >= 11 is 3.33. The minimum atomic E-state index is -4.38. The number of hydrogen-bond acceptors (Lipinski definition) is 13. The van der Waals surface area contributed by atoms with Crippen molar-refractivity contribution in [3.8, 4) is 0 Å². The van der Waals surface area contributed by atoms with Gasteiger partial charge in [0.25, 0.3) is 11.8 Å². The number of thiazole rings is 1. The van der Waals surface area contributed by atoms with Gasteiger partial charge in [-0.3, -0.25) is 14.5 Å². The number of alkyl halides is 3. The van der Waals surface area contributed by atoms with Gasteiger partial charge < -0.3 is 35.7 Å². The molecule has 0 aliphatic carbocycles. The predicted octanol–water partition coefficient (Wildman–Crippen LogP) is -4.75. The van der Waals surface area contributed by atoms with Crippen LogP contribution in [0, 0.1) is 0 Å². The molecule has 2 aliphatic heterocycles. The second-order valence-corrected chi connectivity index (χ2v) is 11.4. The van der Waals surface area contributed by atoms with Crippen LogP contribution in [0.15, 0.2) is 51.2 Å². The van der Waals surface area contributed by atoms with Crippen LogP contribution >= 0.6 is 34.9 Å². The third-order valence-electron chi connectivity index (χ3n) is 5.48. The van der Waals surface area contributed by atoms with Gasteiger partial charge in [0, 0.05) is 33.9 Å². The normalized spacial score (nSPS) is 18.5. The topological polar surface area (TPSA) is 194 Å². The number of nitrogens with one attached hydrogen (secondary N) is 1. The van der Waals surface area contributed by atoms with Gasteiger partial charge in [-0.25, -0.2) is 4.98 Å². The summed E-state index contributed by atoms with van der Waals surface area (Å²) in [5.74, 6) is -4.60. The van der Waals surface area contributed by atoms with E-state index in [-0.39, 0.29) is 57.6 Å². The molecule has 0 unspecified atom stereocenters. The van der Waals surface area contributed by atoms with Crippen molar-refractivity contribution in [2.45, 2.75) is 29.0 Å². The van der Waals surface area contributed by atoms with E-state index >= 15 is 0 Å². The first-order valence-electron chi connectivity index (χ1n) is 11.3. The number of aliphatic carboxylic acids is 2. The zero-order chi connectivity index (χ0) is 29.9. The molecular formula is C22H18F3N6NaO7S3. The van der Waals surface area contributed by atoms with Gasteiger partial charge in [-0.2, -0.15) is 17.7 Å². The summed E-state index contributed by atoms with van der Waals surface area (Å²) in [7, 11) is 0. The number of carboxylic acid groups (broad SMARTS) is 2. The number of oxime groups is 1. The minimum Gasteiger partial charge on any atom is -0.546 e. The fraction of sp³-hybridized carbons (Fsp3) is 0.318. The van der Waals surface area contributed by atoms with Gasteiger partial charge in [-0.05, 0) is 5.57 Å². The standard InChI is InChI=1S/C22H19F3N6O7S3.Na/c23-22(24,25)9-30-3-1-11(2-4-30)39-6-10-7-40-19-15(18(35)31(19)16(10)20(36)37)28-17(34)14(29-38-5-13(32)33)12-8-41-21(26)27-12;/h1-4,8,15,19H,5-7,9H2,(H4-,26,27,28,32,33,34,36,37);/q;+1/p-1/b29-14-;/t15-,19-;/m1./s1. The summed E-state index contributed by atoms with van der Waals surface area (Å²) < 4.78 is 38.6. The van der Waals surface area contributed by atoms with E-state index in [1.54, 1.807) is 0 Å². The van der Waals surface area contributed by atoms with E-state index in [0.717, 1.165) is 20.8 Å². The molecule has 0 spiro atoms. The number of carbonyl (C=O) groups excluding carboxylic acids is 4. The van der Waals surface area contributed by atoms with Crippen molar-refractivity contribution in [2.75, 3.05) is 23.8 Å². The maximum Gasteiger partial charge on any atom is 1.00 e. The molecule has 2 amide bonds. The molecule has 1 fully saturated rings. The summed E-state index contributed by atoms with van der Waals surface area (Å²) in [6.45, 7) is -2.11. The molecule has 13 nitrogen and oxygen atoms in total. The Bertz CT molecular complexity index is 1440. The molecule has 0 aromatic carbocycles. The number of nitrogen functional groups attached to an aromatic ring is 1. The Kier molecular flexibility index (Phi) is 11.3. The summed E-state index contributed by atoms with van der Waals surface area (Å²) in [5.41, 5.74) is 5.10. The molecule has 2 aliphatic rings. The number of nitrogens with zero attached hydrogens (tertiary/aromatic N) is 4. The molecule has 2 aromatic heterocycles. The van der Waals surface area contributed by atoms with Crippen LogP contribution in [0.3, 0.4) is 0 Å². The Morgan fingerprint density at radius 3 is 2.55 bits per heavy atom. The van der Waals surface area contributed by atoms with Crippen LogP contribution in [-0.4, -0.2) is 75.1 Å². The number of thioether (sulfide) groups is 2. The fourth-order valence-electron chi connectivity index (χ4n) is 3.77. The number of fused-ring (bicyclic) bond motifs is 1. The predicted molar refractivity (Wildman–Crippen MR) is 134 cm³/mol. The first kappa shape index (κ1) is 33.7. The van der Waals surface area contributed by atoms with E-state index in [4.69, 9.17) is 5.73 Å². The molecule has 2 atom stereocenters. The van der Waals surface area contributed by atoms with Crippen molar-refractivity contribution in [2.24, 2.45) is 5.16 Å².